The van der Waals surface area contributed by atoms with Crippen molar-refractivity contribution in [3.05, 3.63) is 29.8 Å². The van der Waals surface area contributed by atoms with Crippen LogP contribution in [-0.2, 0) is 4.57 Å². The molecule has 0 aliphatic rings. The highest BCUT2D eigenvalue weighted by Crippen LogP contribution is 2.37. The highest BCUT2D eigenvalue weighted by Gasteiger charge is 2.11. The summed E-state index contributed by atoms with van der Waals surface area (Å²) in [5.74, 6) is -0.886. The molecule has 0 aliphatic heterocycles. The van der Waals surface area contributed by atoms with Crippen LogP contribution in [0.4, 0.5) is 0 Å². The minimum absolute atomic E-state index is 0.0984. The van der Waals surface area contributed by atoms with E-state index in [0.717, 1.165) is 6.66 Å². The van der Waals surface area contributed by atoms with Crippen molar-refractivity contribution in [2.45, 2.75) is 0 Å². The fraction of sp³-hybridized carbons (Fsp3) is 0.125. The quantitative estimate of drug-likeness (QED) is 0.749. The lowest BCUT2D eigenvalue weighted by Crippen LogP contribution is -1.96. The molecule has 5 nitrogen and oxygen atoms in total. The second-order valence-electron chi connectivity index (χ2n) is 2.72. The second-order valence-corrected chi connectivity index (χ2v) is 4.51. The van der Waals surface area contributed by atoms with Crippen LogP contribution in [0, 0.1) is 0 Å². The van der Waals surface area contributed by atoms with Crippen LogP contribution in [0.3, 0.4) is 0 Å². The molecule has 0 spiro atoms. The van der Waals surface area contributed by atoms with E-state index in [9.17, 15) is 9.36 Å². The van der Waals surface area contributed by atoms with E-state index in [0.29, 0.717) is 0 Å². The molecule has 0 saturated carbocycles. The van der Waals surface area contributed by atoms with Gasteiger partial charge in [0.2, 0.25) is 0 Å². The van der Waals surface area contributed by atoms with E-state index in [1.165, 1.54) is 24.3 Å². The Morgan fingerprint density at radius 3 is 2.21 bits per heavy atom. The molecule has 0 heterocycles. The standard InChI is InChI=1S/C8H9O5P/c1-14(11,12)13-7-4-2-6(3-5-7)8(9)10/h2-5H,1H3,(H,9,10)(H,11,12). The molecule has 0 aliphatic carbocycles. The van der Waals surface area contributed by atoms with E-state index >= 15 is 0 Å². The van der Waals surface area contributed by atoms with E-state index in [1.54, 1.807) is 0 Å². The maximum atomic E-state index is 10.8. The smallest absolute Gasteiger partial charge is 0.373 e. The van der Waals surface area contributed by atoms with Crippen molar-refractivity contribution in [2.75, 3.05) is 6.66 Å². The number of rotatable bonds is 3. The average molecular weight is 216 g/mol. The summed E-state index contributed by atoms with van der Waals surface area (Å²) in [6.45, 7) is 1.05. The molecule has 0 amide bonds. The summed E-state index contributed by atoms with van der Waals surface area (Å²) in [7, 11) is -3.57. The number of carbonyl (C=O) groups is 1. The van der Waals surface area contributed by atoms with Crippen LogP contribution >= 0.6 is 7.60 Å². The van der Waals surface area contributed by atoms with Crippen LogP contribution in [0.15, 0.2) is 24.3 Å². The molecule has 1 atom stereocenters. The second kappa shape index (κ2) is 3.82. The number of hydrogen-bond acceptors (Lipinski definition) is 3. The molecular weight excluding hydrogens is 207 g/mol. The van der Waals surface area contributed by atoms with Gasteiger partial charge < -0.3 is 14.5 Å². The molecule has 0 radical (unpaired) electrons. The van der Waals surface area contributed by atoms with Crippen molar-refractivity contribution in [1.82, 2.24) is 0 Å². The maximum Gasteiger partial charge on any atom is 0.373 e. The third-order valence-corrected chi connectivity index (χ3v) is 1.93. The SMILES string of the molecule is CP(=O)(O)Oc1ccc(C(=O)O)cc1. The van der Waals surface area contributed by atoms with Crippen LogP contribution in [-0.4, -0.2) is 22.6 Å². The number of carboxylic acid groups (broad SMARTS) is 1. The Balaban J connectivity index is 2.84. The van der Waals surface area contributed by atoms with Crippen molar-refractivity contribution in [2.24, 2.45) is 0 Å². The third-order valence-electron chi connectivity index (χ3n) is 1.38. The highest BCUT2D eigenvalue weighted by molar-refractivity contribution is 7.52. The molecule has 1 aromatic rings. The largest absolute Gasteiger partial charge is 0.478 e. The summed E-state index contributed by atoms with van der Waals surface area (Å²) in [5, 5.41) is 8.56. The molecule has 14 heavy (non-hydrogen) atoms. The minimum Gasteiger partial charge on any atom is -0.478 e. The molecular formula is C8H9O5P. The van der Waals surface area contributed by atoms with Crippen molar-refractivity contribution in [3.8, 4) is 5.75 Å². The van der Waals surface area contributed by atoms with Crippen LogP contribution in [0.25, 0.3) is 0 Å². The first-order valence-corrected chi connectivity index (χ1v) is 5.74. The van der Waals surface area contributed by atoms with Crippen LogP contribution < -0.4 is 4.52 Å². The number of aromatic carboxylic acids is 1. The molecule has 1 aromatic carbocycles. The topological polar surface area (TPSA) is 83.8 Å². The van der Waals surface area contributed by atoms with Crippen LogP contribution in [0.5, 0.6) is 5.75 Å². The monoisotopic (exact) mass is 216 g/mol. The summed E-state index contributed by atoms with van der Waals surface area (Å²) < 4.78 is 15.5. The molecule has 1 unspecified atom stereocenters. The molecule has 0 bridgehead atoms. The van der Waals surface area contributed by atoms with Gasteiger partial charge in [-0.1, -0.05) is 0 Å². The Morgan fingerprint density at radius 2 is 1.86 bits per heavy atom. The van der Waals surface area contributed by atoms with E-state index in [1.807, 2.05) is 0 Å². The number of benzene rings is 1. The predicted molar refractivity (Wildman–Crippen MR) is 49.8 cm³/mol. The molecule has 76 valence electrons. The van der Waals surface area contributed by atoms with Gasteiger partial charge in [-0.05, 0) is 24.3 Å². The summed E-state index contributed by atoms with van der Waals surface area (Å²) in [6, 6.07) is 5.26. The van der Waals surface area contributed by atoms with E-state index in [-0.39, 0.29) is 11.3 Å². The zero-order valence-corrected chi connectivity index (χ0v) is 8.27. The molecule has 0 fully saturated rings. The normalized spacial score (nSPS) is 14.4. The van der Waals surface area contributed by atoms with Crippen molar-refractivity contribution < 1.29 is 23.9 Å². The summed E-state index contributed by atoms with van der Waals surface area (Å²) in [4.78, 5) is 19.3. The minimum atomic E-state index is -3.57. The molecule has 0 aromatic heterocycles. The van der Waals surface area contributed by atoms with E-state index < -0.39 is 13.6 Å². The maximum absolute atomic E-state index is 10.8. The zero-order valence-electron chi connectivity index (χ0n) is 7.38. The molecule has 1 rings (SSSR count). The predicted octanol–water partition coefficient (Wildman–Crippen LogP) is 1.58. The highest BCUT2D eigenvalue weighted by atomic mass is 31.2. The van der Waals surface area contributed by atoms with Gasteiger partial charge in [0.25, 0.3) is 0 Å². The Kier molecular flexibility index (Phi) is 2.93. The van der Waals surface area contributed by atoms with E-state index in [4.69, 9.17) is 10.00 Å². The van der Waals surface area contributed by atoms with Gasteiger partial charge in [0.1, 0.15) is 5.75 Å². The third kappa shape index (κ3) is 3.20. The first-order valence-electron chi connectivity index (χ1n) is 3.72. The zero-order chi connectivity index (χ0) is 10.8. The van der Waals surface area contributed by atoms with Gasteiger partial charge in [-0.15, -0.1) is 0 Å². The van der Waals surface area contributed by atoms with Crippen LogP contribution in [0.2, 0.25) is 0 Å². The number of hydrogen-bond donors (Lipinski definition) is 2. The lowest BCUT2D eigenvalue weighted by molar-refractivity contribution is 0.0697. The van der Waals surface area contributed by atoms with Gasteiger partial charge in [0.05, 0.1) is 5.56 Å². The number of carboxylic acids is 1. The fourth-order valence-electron chi connectivity index (χ4n) is 0.854. The molecule has 0 saturated heterocycles. The Labute approximate surface area is 80.5 Å². The first-order chi connectivity index (χ1) is 6.38. The molecule has 6 heteroatoms. The van der Waals surface area contributed by atoms with Gasteiger partial charge in [-0.25, -0.2) is 9.36 Å². The van der Waals surface area contributed by atoms with Gasteiger partial charge in [-0.3, -0.25) is 0 Å². The van der Waals surface area contributed by atoms with Crippen molar-refractivity contribution in [1.29, 1.82) is 0 Å². The Morgan fingerprint density at radius 1 is 1.36 bits per heavy atom. The average Bonchev–Trinajstić information content (AvgIpc) is 2.02. The Hall–Kier alpha value is -1.32. The van der Waals surface area contributed by atoms with Gasteiger partial charge in [0.15, 0.2) is 0 Å². The summed E-state index contributed by atoms with van der Waals surface area (Å²) in [5.41, 5.74) is 0.0984. The van der Waals surface area contributed by atoms with E-state index in [2.05, 4.69) is 4.52 Å². The molecule has 2 N–H and O–H groups in total. The van der Waals surface area contributed by atoms with Gasteiger partial charge in [0, 0.05) is 6.66 Å². The Bertz CT molecular complexity index is 377. The summed E-state index contributed by atoms with van der Waals surface area (Å²) in [6.07, 6.45) is 0. The summed E-state index contributed by atoms with van der Waals surface area (Å²) >= 11 is 0. The fourth-order valence-corrected chi connectivity index (χ4v) is 1.37. The first kappa shape index (κ1) is 10.8. The van der Waals surface area contributed by atoms with Gasteiger partial charge in [-0.2, -0.15) is 0 Å². The van der Waals surface area contributed by atoms with Crippen LogP contribution in [0.1, 0.15) is 10.4 Å². The lowest BCUT2D eigenvalue weighted by atomic mass is 10.2. The van der Waals surface area contributed by atoms with Crippen molar-refractivity contribution in [3.63, 3.8) is 0 Å². The lowest BCUT2D eigenvalue weighted by Gasteiger charge is -2.07. The van der Waals surface area contributed by atoms with Crippen molar-refractivity contribution >= 4 is 13.6 Å². The van der Waals surface area contributed by atoms with Gasteiger partial charge >= 0.3 is 13.6 Å².